The minimum absolute atomic E-state index is 0.100. The van der Waals surface area contributed by atoms with E-state index in [0.717, 1.165) is 4.47 Å². The summed E-state index contributed by atoms with van der Waals surface area (Å²) in [5.41, 5.74) is 1.27. The molecule has 0 saturated carbocycles. The van der Waals surface area contributed by atoms with Crippen molar-refractivity contribution in [3.63, 3.8) is 0 Å². The van der Waals surface area contributed by atoms with Gasteiger partial charge in [0.25, 0.3) is 5.56 Å². The zero-order chi connectivity index (χ0) is 18.5. The number of halogens is 1. The van der Waals surface area contributed by atoms with Gasteiger partial charge in [-0.05, 0) is 29.6 Å². The number of hydrogen-bond acceptors (Lipinski definition) is 6. The molecule has 0 saturated heterocycles. The lowest BCUT2D eigenvalue weighted by atomic mass is 10.3. The zero-order valence-electron chi connectivity index (χ0n) is 13.9. The maximum absolute atomic E-state index is 12.6. The van der Waals surface area contributed by atoms with E-state index < -0.39 is 0 Å². The van der Waals surface area contributed by atoms with Crippen molar-refractivity contribution in [2.45, 2.75) is 11.7 Å². The van der Waals surface area contributed by atoms with Crippen LogP contribution in [0.2, 0.25) is 0 Å². The highest BCUT2D eigenvalue weighted by Gasteiger charge is 2.14. The molecule has 136 valence electrons. The first-order chi connectivity index (χ1) is 12.6. The average molecular weight is 454 g/mol. The quantitative estimate of drug-likeness (QED) is 0.436. The standard InChI is InChI=1S/C17H16BrN3O3S2/c1-24-7-6-21-16(23)15-13(5-8-25-15)20-17(21)26-10-14(22)19-12-4-2-3-11(18)9-12/h2-5,8-9H,6-7,10H2,1H3,(H,19,22). The third kappa shape index (κ3) is 4.53. The normalized spacial score (nSPS) is 11.0. The number of carbonyl (C=O) groups excluding carboxylic acids is 1. The van der Waals surface area contributed by atoms with E-state index in [9.17, 15) is 9.59 Å². The Morgan fingerprint density at radius 1 is 1.42 bits per heavy atom. The van der Waals surface area contributed by atoms with Crippen LogP contribution in [-0.2, 0) is 16.1 Å². The van der Waals surface area contributed by atoms with Gasteiger partial charge in [-0.1, -0.05) is 33.8 Å². The number of amides is 1. The predicted octanol–water partition coefficient (Wildman–Crippen LogP) is 3.60. The van der Waals surface area contributed by atoms with Gasteiger partial charge < -0.3 is 10.1 Å². The van der Waals surface area contributed by atoms with Crippen LogP contribution in [0.1, 0.15) is 0 Å². The predicted molar refractivity (Wildman–Crippen MR) is 109 cm³/mol. The summed E-state index contributed by atoms with van der Waals surface area (Å²) >= 11 is 5.98. The van der Waals surface area contributed by atoms with Crippen LogP contribution in [0.15, 0.2) is 50.1 Å². The maximum atomic E-state index is 12.6. The van der Waals surface area contributed by atoms with Gasteiger partial charge in [0, 0.05) is 17.3 Å². The van der Waals surface area contributed by atoms with Gasteiger partial charge in [-0.25, -0.2) is 4.98 Å². The van der Waals surface area contributed by atoms with Crippen LogP contribution >= 0.6 is 39.0 Å². The molecule has 3 aromatic rings. The molecule has 0 atom stereocenters. The zero-order valence-corrected chi connectivity index (χ0v) is 17.1. The van der Waals surface area contributed by atoms with E-state index in [-0.39, 0.29) is 17.2 Å². The SMILES string of the molecule is COCCn1c(SCC(=O)Nc2cccc(Br)c2)nc2ccsc2c1=O. The van der Waals surface area contributed by atoms with Crippen molar-refractivity contribution in [2.24, 2.45) is 0 Å². The van der Waals surface area contributed by atoms with E-state index in [4.69, 9.17) is 4.74 Å². The molecule has 2 aromatic heterocycles. The summed E-state index contributed by atoms with van der Waals surface area (Å²) in [7, 11) is 1.58. The fourth-order valence-electron chi connectivity index (χ4n) is 2.31. The van der Waals surface area contributed by atoms with Gasteiger partial charge in [-0.3, -0.25) is 14.2 Å². The molecule has 6 nitrogen and oxygen atoms in total. The molecule has 0 radical (unpaired) electrons. The Morgan fingerprint density at radius 2 is 2.27 bits per heavy atom. The number of fused-ring (bicyclic) bond motifs is 1. The highest BCUT2D eigenvalue weighted by molar-refractivity contribution is 9.10. The van der Waals surface area contributed by atoms with E-state index in [2.05, 4.69) is 26.2 Å². The molecule has 0 aliphatic rings. The summed E-state index contributed by atoms with van der Waals surface area (Å²) in [4.78, 5) is 29.4. The van der Waals surface area contributed by atoms with Crippen molar-refractivity contribution in [1.82, 2.24) is 9.55 Å². The fraction of sp³-hybridized carbons (Fsp3) is 0.235. The Labute approximate surface area is 166 Å². The topological polar surface area (TPSA) is 73.2 Å². The van der Waals surface area contributed by atoms with Crippen molar-refractivity contribution in [3.8, 4) is 0 Å². The summed E-state index contributed by atoms with van der Waals surface area (Å²) in [5, 5.41) is 5.19. The number of thioether (sulfide) groups is 1. The first-order valence-corrected chi connectivity index (χ1v) is 10.4. The largest absolute Gasteiger partial charge is 0.383 e. The summed E-state index contributed by atoms with van der Waals surface area (Å²) in [6, 6.07) is 9.19. The number of nitrogens with zero attached hydrogens (tertiary/aromatic N) is 2. The number of aromatic nitrogens is 2. The van der Waals surface area contributed by atoms with Gasteiger partial charge >= 0.3 is 0 Å². The number of hydrogen-bond donors (Lipinski definition) is 1. The monoisotopic (exact) mass is 453 g/mol. The van der Waals surface area contributed by atoms with Gasteiger partial charge in [0.1, 0.15) is 4.70 Å². The average Bonchev–Trinajstić information content (AvgIpc) is 3.08. The number of rotatable bonds is 7. The van der Waals surface area contributed by atoms with Crippen LogP contribution in [0.5, 0.6) is 0 Å². The first kappa shape index (κ1) is 19.1. The molecule has 26 heavy (non-hydrogen) atoms. The molecule has 3 rings (SSSR count). The molecule has 0 aliphatic heterocycles. The second-order valence-corrected chi connectivity index (χ2v) is 8.10. The Kier molecular flexibility index (Phi) is 6.47. The van der Waals surface area contributed by atoms with Crippen LogP contribution in [0.25, 0.3) is 10.2 Å². The highest BCUT2D eigenvalue weighted by atomic mass is 79.9. The molecule has 1 N–H and O–H groups in total. The smallest absolute Gasteiger partial charge is 0.272 e. The number of carbonyl (C=O) groups is 1. The molecule has 0 aliphatic carbocycles. The molecular weight excluding hydrogens is 438 g/mol. The number of methoxy groups -OCH3 is 1. The van der Waals surface area contributed by atoms with Crippen LogP contribution in [0.3, 0.4) is 0 Å². The Bertz CT molecular complexity index is 987. The Balaban J connectivity index is 1.76. The van der Waals surface area contributed by atoms with Crippen molar-refractivity contribution in [3.05, 3.63) is 50.5 Å². The third-order valence-corrected chi connectivity index (χ3v) is 5.85. The minimum atomic E-state index is -0.161. The molecule has 0 unspecified atom stereocenters. The van der Waals surface area contributed by atoms with Crippen LogP contribution in [0.4, 0.5) is 5.69 Å². The number of benzene rings is 1. The van der Waals surface area contributed by atoms with Crippen molar-refractivity contribution >= 4 is 60.8 Å². The fourth-order valence-corrected chi connectivity index (χ4v) is 4.31. The lowest BCUT2D eigenvalue weighted by Gasteiger charge is -2.11. The molecule has 0 spiro atoms. The van der Waals surface area contributed by atoms with Gasteiger partial charge in [-0.2, -0.15) is 0 Å². The Hall–Kier alpha value is -1.68. The van der Waals surface area contributed by atoms with Gasteiger partial charge in [0.2, 0.25) is 5.91 Å². The second-order valence-electron chi connectivity index (χ2n) is 5.33. The van der Waals surface area contributed by atoms with E-state index in [1.807, 2.05) is 35.7 Å². The Morgan fingerprint density at radius 3 is 3.04 bits per heavy atom. The van der Waals surface area contributed by atoms with E-state index in [0.29, 0.717) is 34.2 Å². The van der Waals surface area contributed by atoms with Crippen LogP contribution in [0, 0.1) is 0 Å². The summed E-state index contributed by atoms with van der Waals surface area (Å²) < 4.78 is 8.16. The van der Waals surface area contributed by atoms with Gasteiger partial charge in [0.05, 0.1) is 24.4 Å². The van der Waals surface area contributed by atoms with Crippen molar-refractivity contribution in [2.75, 3.05) is 24.8 Å². The number of thiophene rings is 1. The molecule has 9 heteroatoms. The molecule has 2 heterocycles. The minimum Gasteiger partial charge on any atom is -0.383 e. The van der Waals surface area contributed by atoms with Gasteiger partial charge in [0.15, 0.2) is 5.16 Å². The molecule has 1 amide bonds. The van der Waals surface area contributed by atoms with Gasteiger partial charge in [-0.15, -0.1) is 11.3 Å². The summed E-state index contributed by atoms with van der Waals surface area (Å²) in [6.07, 6.45) is 0. The van der Waals surface area contributed by atoms with E-state index in [1.165, 1.54) is 23.1 Å². The lowest BCUT2D eigenvalue weighted by molar-refractivity contribution is -0.113. The number of ether oxygens (including phenoxy) is 1. The second kappa shape index (κ2) is 8.81. The van der Waals surface area contributed by atoms with Crippen molar-refractivity contribution in [1.29, 1.82) is 0 Å². The molecule has 1 aromatic carbocycles. The number of nitrogens with one attached hydrogen (secondary N) is 1. The van der Waals surface area contributed by atoms with Crippen LogP contribution < -0.4 is 10.9 Å². The molecule has 0 fully saturated rings. The van der Waals surface area contributed by atoms with Crippen molar-refractivity contribution < 1.29 is 9.53 Å². The van der Waals surface area contributed by atoms with E-state index >= 15 is 0 Å². The highest BCUT2D eigenvalue weighted by Crippen LogP contribution is 2.21. The van der Waals surface area contributed by atoms with E-state index in [1.54, 1.807) is 11.7 Å². The summed E-state index contributed by atoms with van der Waals surface area (Å²) in [5.74, 6) is -0.00671. The third-order valence-electron chi connectivity index (χ3n) is 3.49. The molecular formula is C17H16BrN3O3S2. The summed E-state index contributed by atoms with van der Waals surface area (Å²) in [6.45, 7) is 0.794. The molecule has 0 bridgehead atoms. The van der Waals surface area contributed by atoms with Crippen LogP contribution in [-0.4, -0.2) is 34.9 Å². The maximum Gasteiger partial charge on any atom is 0.272 e. The number of anilines is 1. The first-order valence-electron chi connectivity index (χ1n) is 7.73. The lowest BCUT2D eigenvalue weighted by Crippen LogP contribution is -2.25.